The fourth-order valence-corrected chi connectivity index (χ4v) is 3.49. The second-order valence-corrected chi connectivity index (χ2v) is 7.40. The van der Waals surface area contributed by atoms with Crippen molar-refractivity contribution in [1.82, 2.24) is 5.32 Å². The SMILES string of the molecule is O=C(NC(=S)Nc1cc(C(F)(F)F)ccc1N1CCCCC1)c1ccc([N+](=O)[O-])cc1. The van der Waals surface area contributed by atoms with Crippen LogP contribution < -0.4 is 15.5 Å². The van der Waals surface area contributed by atoms with Crippen molar-refractivity contribution in [2.24, 2.45) is 0 Å². The van der Waals surface area contributed by atoms with Crippen molar-refractivity contribution in [3.05, 3.63) is 63.7 Å². The Kier molecular flexibility index (Phi) is 6.74. The number of thiocarbonyl (C=S) groups is 1. The third kappa shape index (κ3) is 5.69. The number of amides is 1. The van der Waals surface area contributed by atoms with Gasteiger partial charge in [0.25, 0.3) is 11.6 Å². The molecule has 1 fully saturated rings. The molecule has 1 aliphatic heterocycles. The zero-order valence-electron chi connectivity index (χ0n) is 16.2. The van der Waals surface area contributed by atoms with Crippen LogP contribution in [0.15, 0.2) is 42.5 Å². The number of anilines is 2. The van der Waals surface area contributed by atoms with Crippen molar-refractivity contribution < 1.29 is 22.9 Å². The second kappa shape index (κ2) is 9.29. The first-order chi connectivity index (χ1) is 14.6. The highest BCUT2D eigenvalue weighted by molar-refractivity contribution is 7.80. The molecule has 0 radical (unpaired) electrons. The molecule has 11 heteroatoms. The van der Waals surface area contributed by atoms with Crippen molar-refractivity contribution in [2.45, 2.75) is 25.4 Å². The molecule has 1 saturated heterocycles. The van der Waals surface area contributed by atoms with E-state index in [4.69, 9.17) is 12.2 Å². The quantitative estimate of drug-likeness (QED) is 0.396. The molecule has 2 aromatic rings. The topological polar surface area (TPSA) is 87.5 Å². The number of piperidine rings is 1. The van der Waals surface area contributed by atoms with Crippen LogP contribution in [-0.4, -0.2) is 29.0 Å². The molecule has 1 heterocycles. The highest BCUT2D eigenvalue weighted by Gasteiger charge is 2.31. The average molecular weight is 452 g/mol. The third-order valence-electron chi connectivity index (χ3n) is 4.84. The summed E-state index contributed by atoms with van der Waals surface area (Å²) in [5.74, 6) is -0.640. The number of hydrogen-bond donors (Lipinski definition) is 2. The molecule has 0 spiro atoms. The number of hydrogen-bond acceptors (Lipinski definition) is 5. The predicted molar refractivity (Wildman–Crippen MR) is 114 cm³/mol. The van der Waals surface area contributed by atoms with Crippen molar-refractivity contribution in [3.8, 4) is 0 Å². The van der Waals surface area contributed by atoms with E-state index >= 15 is 0 Å². The van der Waals surface area contributed by atoms with Gasteiger partial charge in [-0.15, -0.1) is 0 Å². The van der Waals surface area contributed by atoms with Gasteiger partial charge in [0.15, 0.2) is 5.11 Å². The van der Waals surface area contributed by atoms with Crippen LogP contribution in [0.25, 0.3) is 0 Å². The summed E-state index contributed by atoms with van der Waals surface area (Å²) < 4.78 is 39.6. The van der Waals surface area contributed by atoms with Gasteiger partial charge >= 0.3 is 6.18 Å². The number of nitro groups is 1. The fraction of sp³-hybridized carbons (Fsp3) is 0.300. The molecule has 0 aliphatic carbocycles. The maximum Gasteiger partial charge on any atom is 0.416 e. The number of nitro benzene ring substituents is 1. The second-order valence-electron chi connectivity index (χ2n) is 6.99. The maximum absolute atomic E-state index is 13.2. The number of rotatable bonds is 4. The van der Waals surface area contributed by atoms with Crippen LogP contribution in [0.3, 0.4) is 0 Å². The predicted octanol–water partition coefficient (Wildman–Crippen LogP) is 4.73. The van der Waals surface area contributed by atoms with Gasteiger partial charge in [0.05, 0.1) is 21.9 Å². The van der Waals surface area contributed by atoms with Crippen LogP contribution in [0.4, 0.5) is 30.2 Å². The molecule has 0 saturated carbocycles. The van der Waals surface area contributed by atoms with Crippen molar-refractivity contribution >= 4 is 40.3 Å². The first-order valence-corrected chi connectivity index (χ1v) is 9.89. The number of nitrogens with zero attached hydrogens (tertiary/aromatic N) is 2. The van der Waals surface area contributed by atoms with E-state index in [-0.39, 0.29) is 22.1 Å². The van der Waals surface area contributed by atoms with E-state index in [0.29, 0.717) is 18.8 Å². The highest BCUT2D eigenvalue weighted by Crippen LogP contribution is 2.36. The van der Waals surface area contributed by atoms with E-state index in [9.17, 15) is 28.1 Å². The van der Waals surface area contributed by atoms with E-state index in [1.165, 1.54) is 30.3 Å². The molecule has 2 N–H and O–H groups in total. The van der Waals surface area contributed by atoms with Crippen LogP contribution >= 0.6 is 12.2 Å². The zero-order valence-corrected chi connectivity index (χ0v) is 17.1. The lowest BCUT2D eigenvalue weighted by Crippen LogP contribution is -2.35. The Bertz CT molecular complexity index is 990. The lowest BCUT2D eigenvalue weighted by Gasteiger charge is -2.31. The van der Waals surface area contributed by atoms with Gasteiger partial charge in [-0.2, -0.15) is 13.2 Å². The summed E-state index contributed by atoms with van der Waals surface area (Å²) in [5.41, 5.74) is -0.173. The summed E-state index contributed by atoms with van der Waals surface area (Å²) in [6, 6.07) is 8.26. The summed E-state index contributed by atoms with van der Waals surface area (Å²) in [5, 5.41) is 15.6. The van der Waals surface area contributed by atoms with Crippen molar-refractivity contribution in [1.29, 1.82) is 0 Å². The van der Waals surface area contributed by atoms with Crippen molar-refractivity contribution in [3.63, 3.8) is 0 Å². The molecule has 0 aromatic heterocycles. The maximum atomic E-state index is 13.2. The molecule has 7 nitrogen and oxygen atoms in total. The molecule has 2 aromatic carbocycles. The standard InChI is InChI=1S/C20H19F3N4O3S/c21-20(22,23)14-6-9-17(26-10-2-1-3-11-26)16(12-14)24-19(31)25-18(28)13-4-7-15(8-5-13)27(29)30/h4-9,12H,1-3,10-11H2,(H2,24,25,28,31). The molecular formula is C20H19F3N4O3S. The van der Waals surface area contributed by atoms with Crippen LogP contribution in [-0.2, 0) is 6.18 Å². The number of nitrogens with one attached hydrogen (secondary N) is 2. The number of halogens is 3. The number of alkyl halides is 3. The third-order valence-corrected chi connectivity index (χ3v) is 5.04. The van der Waals surface area contributed by atoms with E-state index in [0.717, 1.165) is 31.4 Å². The minimum Gasteiger partial charge on any atom is -0.370 e. The van der Waals surface area contributed by atoms with Crippen LogP contribution in [0.2, 0.25) is 0 Å². The summed E-state index contributed by atoms with van der Waals surface area (Å²) in [7, 11) is 0. The number of benzene rings is 2. The molecule has 0 unspecified atom stereocenters. The van der Waals surface area contributed by atoms with E-state index in [1.807, 2.05) is 4.90 Å². The molecular weight excluding hydrogens is 433 g/mol. The van der Waals surface area contributed by atoms with Gasteiger partial charge in [0, 0.05) is 30.8 Å². The summed E-state index contributed by atoms with van der Waals surface area (Å²) >= 11 is 5.13. The van der Waals surface area contributed by atoms with Gasteiger partial charge < -0.3 is 10.2 Å². The van der Waals surface area contributed by atoms with Gasteiger partial charge in [0.2, 0.25) is 0 Å². The Morgan fingerprint density at radius 1 is 1.06 bits per heavy atom. The first-order valence-electron chi connectivity index (χ1n) is 9.48. The van der Waals surface area contributed by atoms with Gasteiger partial charge in [-0.25, -0.2) is 0 Å². The molecule has 164 valence electrons. The highest BCUT2D eigenvalue weighted by atomic mass is 32.1. The molecule has 0 bridgehead atoms. The summed E-state index contributed by atoms with van der Waals surface area (Å²) in [4.78, 5) is 24.4. The minimum atomic E-state index is -4.53. The lowest BCUT2D eigenvalue weighted by atomic mass is 10.1. The summed E-state index contributed by atoms with van der Waals surface area (Å²) in [6.07, 6.45) is -1.60. The normalized spacial score (nSPS) is 14.1. The van der Waals surface area contributed by atoms with Crippen LogP contribution in [0, 0.1) is 10.1 Å². The molecule has 3 rings (SSSR count). The average Bonchev–Trinajstić information content (AvgIpc) is 2.73. The Morgan fingerprint density at radius 3 is 2.29 bits per heavy atom. The zero-order chi connectivity index (χ0) is 22.6. The monoisotopic (exact) mass is 452 g/mol. The number of carbonyl (C=O) groups excluding carboxylic acids is 1. The number of non-ortho nitro benzene ring substituents is 1. The largest absolute Gasteiger partial charge is 0.416 e. The molecule has 0 atom stereocenters. The molecule has 31 heavy (non-hydrogen) atoms. The summed E-state index contributed by atoms with van der Waals surface area (Å²) in [6.45, 7) is 1.42. The van der Waals surface area contributed by atoms with E-state index in [2.05, 4.69) is 10.6 Å². The smallest absolute Gasteiger partial charge is 0.370 e. The molecule has 1 amide bonds. The Hall–Kier alpha value is -3.21. The van der Waals surface area contributed by atoms with Crippen LogP contribution in [0.1, 0.15) is 35.2 Å². The Labute approximate surface area is 181 Å². The Balaban J connectivity index is 1.78. The minimum absolute atomic E-state index is 0.120. The lowest BCUT2D eigenvalue weighted by molar-refractivity contribution is -0.384. The van der Waals surface area contributed by atoms with E-state index in [1.54, 1.807) is 0 Å². The van der Waals surface area contributed by atoms with Gasteiger partial charge in [-0.3, -0.25) is 20.2 Å². The first kappa shape index (κ1) is 22.5. The number of carbonyl (C=O) groups is 1. The fourth-order valence-electron chi connectivity index (χ4n) is 3.29. The molecule has 1 aliphatic rings. The van der Waals surface area contributed by atoms with Gasteiger partial charge in [-0.1, -0.05) is 0 Å². The van der Waals surface area contributed by atoms with Gasteiger partial charge in [0.1, 0.15) is 0 Å². The van der Waals surface area contributed by atoms with E-state index < -0.39 is 22.6 Å². The van der Waals surface area contributed by atoms with Crippen LogP contribution in [0.5, 0.6) is 0 Å². The van der Waals surface area contributed by atoms with Crippen molar-refractivity contribution in [2.75, 3.05) is 23.3 Å². The van der Waals surface area contributed by atoms with Gasteiger partial charge in [-0.05, 0) is 61.8 Å². The Morgan fingerprint density at radius 2 is 1.71 bits per heavy atom.